The highest BCUT2D eigenvalue weighted by Gasteiger charge is 2.31. The van der Waals surface area contributed by atoms with E-state index >= 15 is 0 Å². The molecule has 0 atom stereocenters. The van der Waals surface area contributed by atoms with Crippen LogP contribution in [0.4, 0.5) is 0 Å². The average Bonchev–Trinajstić information content (AvgIpc) is 2.27. The van der Waals surface area contributed by atoms with Crippen molar-refractivity contribution < 1.29 is 24.1 Å². The minimum absolute atomic E-state index is 0.333. The number of hydrogen-bond acceptors (Lipinski definition) is 4. The summed E-state index contributed by atoms with van der Waals surface area (Å²) in [6, 6.07) is 5.04. The van der Waals surface area contributed by atoms with E-state index in [0.29, 0.717) is 17.2 Å². The molecule has 0 radical (unpaired) electrons. The van der Waals surface area contributed by atoms with E-state index in [1.165, 1.54) is 28.1 Å². The predicted octanol–water partition coefficient (Wildman–Crippen LogP) is 1.95. The molecule has 0 aromatic heterocycles. The van der Waals surface area contributed by atoms with Crippen molar-refractivity contribution in [3.8, 4) is 17.2 Å². The van der Waals surface area contributed by atoms with Crippen molar-refractivity contribution in [2.75, 3.05) is 14.2 Å². The summed E-state index contributed by atoms with van der Waals surface area (Å²) in [5.74, 6) is 0.150. The molecule has 0 fully saturated rings. The van der Waals surface area contributed by atoms with Crippen LogP contribution in [0, 0.1) is 0 Å². The van der Waals surface area contributed by atoms with Crippen molar-refractivity contribution in [2.24, 2.45) is 0 Å². The first kappa shape index (κ1) is 13.2. The van der Waals surface area contributed by atoms with Gasteiger partial charge in [-0.2, -0.15) is 0 Å². The smallest absolute Gasteiger partial charge is 0.347 e. The highest BCUT2D eigenvalue weighted by atomic mass is 16.6. The second-order valence-corrected chi connectivity index (χ2v) is 3.91. The second-order valence-electron chi connectivity index (χ2n) is 3.91. The minimum Gasteiger partial charge on any atom is -0.493 e. The Balaban J connectivity index is 3.10. The van der Waals surface area contributed by atoms with Crippen LogP contribution in [0.1, 0.15) is 13.8 Å². The van der Waals surface area contributed by atoms with Crippen LogP contribution in [-0.2, 0) is 4.79 Å². The Morgan fingerprint density at radius 1 is 1.18 bits per heavy atom. The van der Waals surface area contributed by atoms with Gasteiger partial charge in [-0.3, -0.25) is 0 Å². The van der Waals surface area contributed by atoms with Gasteiger partial charge in [-0.1, -0.05) is 6.07 Å². The molecular weight excluding hydrogens is 224 g/mol. The van der Waals surface area contributed by atoms with E-state index < -0.39 is 11.6 Å². The number of aliphatic carboxylic acids is 1. The highest BCUT2D eigenvalue weighted by molar-refractivity contribution is 5.77. The summed E-state index contributed by atoms with van der Waals surface area (Å²) >= 11 is 0. The second kappa shape index (κ2) is 4.95. The largest absolute Gasteiger partial charge is 0.493 e. The molecule has 0 aliphatic rings. The number of carboxylic acid groups (broad SMARTS) is 1. The van der Waals surface area contributed by atoms with Gasteiger partial charge in [0.2, 0.25) is 5.75 Å². The number of benzene rings is 1. The van der Waals surface area contributed by atoms with E-state index in [9.17, 15) is 4.79 Å². The van der Waals surface area contributed by atoms with Gasteiger partial charge in [0.05, 0.1) is 14.2 Å². The number of hydrogen-bond donors (Lipinski definition) is 1. The fourth-order valence-electron chi connectivity index (χ4n) is 1.26. The third-order valence-electron chi connectivity index (χ3n) is 2.25. The molecule has 17 heavy (non-hydrogen) atoms. The normalized spacial score (nSPS) is 10.8. The lowest BCUT2D eigenvalue weighted by Crippen LogP contribution is -2.37. The molecule has 94 valence electrons. The molecule has 1 rings (SSSR count). The Hall–Kier alpha value is -1.91. The van der Waals surface area contributed by atoms with E-state index in [1.54, 1.807) is 18.2 Å². The summed E-state index contributed by atoms with van der Waals surface area (Å²) in [7, 11) is 2.97. The molecule has 1 N–H and O–H groups in total. The topological polar surface area (TPSA) is 65.0 Å². The van der Waals surface area contributed by atoms with E-state index in [4.69, 9.17) is 19.3 Å². The number of carbonyl (C=O) groups is 1. The zero-order valence-corrected chi connectivity index (χ0v) is 10.3. The number of methoxy groups -OCH3 is 2. The van der Waals surface area contributed by atoms with E-state index in [-0.39, 0.29) is 0 Å². The molecule has 0 saturated heterocycles. The Labute approximate surface area is 99.9 Å². The van der Waals surface area contributed by atoms with Gasteiger partial charge in [-0.25, -0.2) is 4.79 Å². The lowest BCUT2D eigenvalue weighted by Gasteiger charge is -2.23. The van der Waals surface area contributed by atoms with Crippen LogP contribution in [0.2, 0.25) is 0 Å². The van der Waals surface area contributed by atoms with Crippen molar-refractivity contribution in [2.45, 2.75) is 19.4 Å². The molecule has 0 heterocycles. The molecule has 1 aromatic rings. The van der Waals surface area contributed by atoms with Crippen molar-refractivity contribution in [1.82, 2.24) is 0 Å². The molecular formula is C12H16O5. The Morgan fingerprint density at radius 2 is 1.76 bits per heavy atom. The van der Waals surface area contributed by atoms with Gasteiger partial charge in [0.1, 0.15) is 0 Å². The van der Waals surface area contributed by atoms with Crippen LogP contribution >= 0.6 is 0 Å². The number of rotatable bonds is 5. The summed E-state index contributed by atoms with van der Waals surface area (Å²) in [5, 5.41) is 9.00. The van der Waals surface area contributed by atoms with Crippen molar-refractivity contribution in [3.63, 3.8) is 0 Å². The standard InChI is InChI=1S/C12H16O5/c1-12(2,11(13)14)17-9-7-5-6-8(15-3)10(9)16-4/h5-7H,1-4H3,(H,13,14). The molecule has 0 unspecified atom stereocenters. The van der Waals surface area contributed by atoms with Crippen molar-refractivity contribution >= 4 is 5.97 Å². The fourth-order valence-corrected chi connectivity index (χ4v) is 1.26. The first-order chi connectivity index (χ1) is 7.92. The zero-order valence-electron chi connectivity index (χ0n) is 10.3. The third-order valence-corrected chi connectivity index (χ3v) is 2.25. The maximum Gasteiger partial charge on any atom is 0.347 e. The first-order valence-electron chi connectivity index (χ1n) is 5.05. The van der Waals surface area contributed by atoms with Gasteiger partial charge < -0.3 is 19.3 Å². The van der Waals surface area contributed by atoms with E-state index in [1.807, 2.05) is 0 Å². The van der Waals surface area contributed by atoms with Gasteiger partial charge in [-0.15, -0.1) is 0 Å². The van der Waals surface area contributed by atoms with Crippen LogP contribution in [0.25, 0.3) is 0 Å². The SMILES string of the molecule is COc1cccc(OC(C)(C)C(=O)O)c1OC. The summed E-state index contributed by atoms with van der Waals surface area (Å²) < 4.78 is 15.7. The average molecular weight is 240 g/mol. The van der Waals surface area contributed by atoms with Gasteiger partial charge in [0.15, 0.2) is 17.1 Å². The zero-order chi connectivity index (χ0) is 13.1. The molecule has 0 bridgehead atoms. The Morgan fingerprint density at radius 3 is 2.24 bits per heavy atom. The molecule has 1 aromatic carbocycles. The van der Waals surface area contributed by atoms with Gasteiger partial charge >= 0.3 is 5.97 Å². The molecule has 5 heteroatoms. The van der Waals surface area contributed by atoms with E-state index in [2.05, 4.69) is 0 Å². The van der Waals surface area contributed by atoms with E-state index in [0.717, 1.165) is 0 Å². The monoisotopic (exact) mass is 240 g/mol. The lowest BCUT2D eigenvalue weighted by atomic mass is 10.1. The maximum absolute atomic E-state index is 11.0. The summed E-state index contributed by atoms with van der Waals surface area (Å²) in [6.07, 6.45) is 0. The Kier molecular flexibility index (Phi) is 3.83. The third kappa shape index (κ3) is 2.81. The van der Waals surface area contributed by atoms with Gasteiger partial charge in [0, 0.05) is 0 Å². The summed E-state index contributed by atoms with van der Waals surface area (Å²) in [4.78, 5) is 11.0. The number of para-hydroxylation sites is 1. The summed E-state index contributed by atoms with van der Waals surface area (Å²) in [6.45, 7) is 2.93. The predicted molar refractivity (Wildman–Crippen MR) is 61.9 cm³/mol. The quantitative estimate of drug-likeness (QED) is 0.852. The first-order valence-corrected chi connectivity index (χ1v) is 5.05. The molecule has 0 aliphatic carbocycles. The fraction of sp³-hybridized carbons (Fsp3) is 0.417. The van der Waals surface area contributed by atoms with Crippen LogP contribution in [-0.4, -0.2) is 30.9 Å². The summed E-state index contributed by atoms with van der Waals surface area (Å²) in [5.41, 5.74) is -1.33. The Bertz CT molecular complexity index is 411. The van der Waals surface area contributed by atoms with Gasteiger partial charge in [-0.05, 0) is 26.0 Å². The minimum atomic E-state index is -1.33. The van der Waals surface area contributed by atoms with Crippen molar-refractivity contribution in [1.29, 1.82) is 0 Å². The maximum atomic E-state index is 11.0. The molecule has 0 saturated carbocycles. The van der Waals surface area contributed by atoms with Crippen LogP contribution in [0.15, 0.2) is 18.2 Å². The number of ether oxygens (including phenoxy) is 3. The molecule has 0 amide bonds. The van der Waals surface area contributed by atoms with Gasteiger partial charge in [0.25, 0.3) is 0 Å². The number of carboxylic acids is 1. The lowest BCUT2D eigenvalue weighted by molar-refractivity contribution is -0.152. The molecule has 0 spiro atoms. The van der Waals surface area contributed by atoms with Crippen molar-refractivity contribution in [3.05, 3.63) is 18.2 Å². The molecule has 5 nitrogen and oxygen atoms in total. The van der Waals surface area contributed by atoms with Crippen LogP contribution in [0.3, 0.4) is 0 Å². The highest BCUT2D eigenvalue weighted by Crippen LogP contribution is 2.38. The van der Waals surface area contributed by atoms with Crippen LogP contribution < -0.4 is 14.2 Å². The molecule has 0 aliphatic heterocycles. The van der Waals surface area contributed by atoms with Crippen LogP contribution in [0.5, 0.6) is 17.2 Å².